The topological polar surface area (TPSA) is 98.5 Å². The van der Waals surface area contributed by atoms with Gasteiger partial charge in [-0.25, -0.2) is 13.8 Å². The summed E-state index contributed by atoms with van der Waals surface area (Å²) in [5.74, 6) is -2.93. The molecular formula is C25H24F2N2O5. The molecule has 7 nitrogen and oxygen atoms in total. The van der Waals surface area contributed by atoms with E-state index in [0.29, 0.717) is 11.3 Å². The fraction of sp³-hybridized carbons (Fsp3) is 0.280. The van der Waals surface area contributed by atoms with Crippen molar-refractivity contribution in [1.82, 2.24) is 4.98 Å². The van der Waals surface area contributed by atoms with Gasteiger partial charge in [0.25, 0.3) is 0 Å². The molecular weight excluding hydrogens is 446 g/mol. The molecule has 2 aromatic carbocycles. The number of carbonyl (C=O) groups excluding carboxylic acids is 3. The van der Waals surface area contributed by atoms with Crippen molar-refractivity contribution in [3.63, 3.8) is 0 Å². The maximum absolute atomic E-state index is 13.9. The SMILES string of the molecule is CC(C)C(=O)Nc1ccc(C(=O)[C@@H](C)OC(=O)CCc2ncc(-c3c(F)cccc3F)o2)cc1. The van der Waals surface area contributed by atoms with Crippen LogP contribution in [0.25, 0.3) is 11.3 Å². The van der Waals surface area contributed by atoms with Gasteiger partial charge in [0.05, 0.1) is 18.2 Å². The molecule has 0 bridgehead atoms. The number of hydrogen-bond donors (Lipinski definition) is 1. The highest BCUT2D eigenvalue weighted by Gasteiger charge is 2.21. The number of amides is 1. The molecule has 1 N–H and O–H groups in total. The molecule has 1 aromatic heterocycles. The molecule has 0 aliphatic rings. The Morgan fingerprint density at radius 2 is 1.68 bits per heavy atom. The highest BCUT2D eigenvalue weighted by Crippen LogP contribution is 2.27. The van der Waals surface area contributed by atoms with Crippen LogP contribution in [0, 0.1) is 17.6 Å². The van der Waals surface area contributed by atoms with Gasteiger partial charge in [-0.05, 0) is 43.3 Å². The lowest BCUT2D eigenvalue weighted by Crippen LogP contribution is -2.24. The summed E-state index contributed by atoms with van der Waals surface area (Å²) in [5.41, 5.74) is 0.547. The van der Waals surface area contributed by atoms with E-state index >= 15 is 0 Å². The molecule has 0 fully saturated rings. The number of halogens is 2. The Morgan fingerprint density at radius 3 is 2.29 bits per heavy atom. The number of esters is 1. The number of ether oxygens (including phenoxy) is 1. The van der Waals surface area contributed by atoms with Gasteiger partial charge < -0.3 is 14.5 Å². The number of anilines is 1. The van der Waals surface area contributed by atoms with Gasteiger partial charge >= 0.3 is 5.97 Å². The van der Waals surface area contributed by atoms with Gasteiger partial charge in [0.15, 0.2) is 17.8 Å². The van der Waals surface area contributed by atoms with Crippen molar-refractivity contribution in [2.45, 2.75) is 39.7 Å². The van der Waals surface area contributed by atoms with E-state index < -0.39 is 29.5 Å². The van der Waals surface area contributed by atoms with E-state index in [1.165, 1.54) is 19.2 Å². The molecule has 0 spiro atoms. The van der Waals surface area contributed by atoms with Crippen molar-refractivity contribution in [3.05, 3.63) is 71.8 Å². The number of benzene rings is 2. The number of oxazole rings is 1. The summed E-state index contributed by atoms with van der Waals surface area (Å²) < 4.78 is 38.3. The molecule has 0 aliphatic carbocycles. The molecule has 3 aromatic rings. The highest BCUT2D eigenvalue weighted by atomic mass is 19.1. The van der Waals surface area contributed by atoms with Crippen LogP contribution in [0.2, 0.25) is 0 Å². The average Bonchev–Trinajstić information content (AvgIpc) is 3.26. The zero-order chi connectivity index (χ0) is 24.8. The smallest absolute Gasteiger partial charge is 0.307 e. The van der Waals surface area contributed by atoms with Gasteiger partial charge in [0, 0.05) is 23.6 Å². The van der Waals surface area contributed by atoms with Crippen molar-refractivity contribution in [2.24, 2.45) is 5.92 Å². The van der Waals surface area contributed by atoms with E-state index in [-0.39, 0.29) is 41.9 Å². The molecule has 1 atom stereocenters. The lowest BCUT2D eigenvalue weighted by Gasteiger charge is -2.13. The first kappa shape index (κ1) is 24.8. The van der Waals surface area contributed by atoms with Crippen molar-refractivity contribution in [3.8, 4) is 11.3 Å². The fourth-order valence-electron chi connectivity index (χ4n) is 3.03. The number of nitrogens with zero attached hydrogens (tertiary/aromatic N) is 1. The third-order valence-electron chi connectivity index (χ3n) is 4.94. The number of ketones is 1. The van der Waals surface area contributed by atoms with Crippen molar-refractivity contribution < 1.29 is 32.3 Å². The van der Waals surface area contributed by atoms with Crippen molar-refractivity contribution in [2.75, 3.05) is 5.32 Å². The van der Waals surface area contributed by atoms with Crippen LogP contribution in [0.3, 0.4) is 0 Å². The van der Waals surface area contributed by atoms with Gasteiger partial charge in [-0.1, -0.05) is 19.9 Å². The minimum atomic E-state index is -1.03. The zero-order valence-corrected chi connectivity index (χ0v) is 18.9. The fourth-order valence-corrected chi connectivity index (χ4v) is 3.03. The Balaban J connectivity index is 1.53. The first-order valence-electron chi connectivity index (χ1n) is 10.7. The monoisotopic (exact) mass is 470 g/mol. The quantitative estimate of drug-likeness (QED) is 0.351. The number of nitrogens with one attached hydrogen (secondary N) is 1. The number of hydrogen-bond acceptors (Lipinski definition) is 6. The highest BCUT2D eigenvalue weighted by molar-refractivity contribution is 6.01. The van der Waals surface area contributed by atoms with Crippen LogP contribution in [0.4, 0.5) is 14.5 Å². The summed E-state index contributed by atoms with van der Waals surface area (Å²) in [4.78, 5) is 40.4. The third kappa shape index (κ3) is 6.12. The zero-order valence-electron chi connectivity index (χ0n) is 18.9. The van der Waals surface area contributed by atoms with Crippen LogP contribution in [0.5, 0.6) is 0 Å². The molecule has 3 rings (SSSR count). The Hall–Kier alpha value is -3.88. The second kappa shape index (κ2) is 10.8. The summed E-state index contributed by atoms with van der Waals surface area (Å²) in [6, 6.07) is 9.72. The average molecular weight is 470 g/mol. The van der Waals surface area contributed by atoms with E-state index in [9.17, 15) is 23.2 Å². The van der Waals surface area contributed by atoms with Crippen molar-refractivity contribution in [1.29, 1.82) is 0 Å². The van der Waals surface area contributed by atoms with Crippen LogP contribution in [-0.4, -0.2) is 28.7 Å². The summed E-state index contributed by atoms with van der Waals surface area (Å²) in [5, 5.41) is 2.73. The summed E-state index contributed by atoms with van der Waals surface area (Å²) in [6.07, 6.45) is 0.0373. The molecule has 0 unspecified atom stereocenters. The predicted molar refractivity (Wildman–Crippen MR) is 120 cm³/mol. The summed E-state index contributed by atoms with van der Waals surface area (Å²) >= 11 is 0. The Bertz CT molecular complexity index is 1170. The third-order valence-corrected chi connectivity index (χ3v) is 4.94. The normalized spacial score (nSPS) is 11.8. The largest absolute Gasteiger partial charge is 0.454 e. The molecule has 1 amide bonds. The minimum absolute atomic E-state index is 0.0278. The second-order valence-corrected chi connectivity index (χ2v) is 7.93. The number of rotatable bonds is 9. The maximum atomic E-state index is 13.9. The van der Waals surface area contributed by atoms with Gasteiger partial charge in [0.1, 0.15) is 11.6 Å². The molecule has 9 heteroatoms. The Kier molecular flexibility index (Phi) is 7.88. The first-order chi connectivity index (χ1) is 16.2. The van der Waals surface area contributed by atoms with Gasteiger partial charge in [-0.15, -0.1) is 0 Å². The van der Waals surface area contributed by atoms with Crippen LogP contribution < -0.4 is 5.32 Å². The minimum Gasteiger partial charge on any atom is -0.454 e. The van der Waals surface area contributed by atoms with Gasteiger partial charge in [0.2, 0.25) is 11.7 Å². The number of carbonyl (C=O) groups is 3. The standard InChI is InChI=1S/C25H24F2N2O5/c1-14(2)25(32)29-17-9-7-16(8-10-17)24(31)15(3)33-22(30)12-11-21-28-13-20(34-21)23-18(26)5-4-6-19(23)27/h4-10,13-15H,11-12H2,1-3H3,(H,29,32)/t15-/m1/s1. The lowest BCUT2D eigenvalue weighted by atomic mass is 10.1. The Morgan fingerprint density at radius 1 is 1.03 bits per heavy atom. The predicted octanol–water partition coefficient (Wildman–Crippen LogP) is 4.96. The number of aryl methyl sites for hydroxylation is 1. The van der Waals surface area contributed by atoms with E-state index in [1.54, 1.807) is 38.1 Å². The van der Waals surface area contributed by atoms with E-state index in [0.717, 1.165) is 12.1 Å². The summed E-state index contributed by atoms with van der Waals surface area (Å²) in [7, 11) is 0. The van der Waals surface area contributed by atoms with E-state index in [1.807, 2.05) is 0 Å². The molecule has 178 valence electrons. The maximum Gasteiger partial charge on any atom is 0.307 e. The molecule has 0 saturated heterocycles. The van der Waals surface area contributed by atoms with E-state index in [2.05, 4.69) is 10.3 Å². The Labute approximate surface area is 195 Å². The molecule has 0 aliphatic heterocycles. The van der Waals surface area contributed by atoms with Crippen LogP contribution in [-0.2, 0) is 20.7 Å². The number of Topliss-reactive ketones (excluding diaryl/α,β-unsaturated/α-hetero) is 1. The molecule has 1 heterocycles. The van der Waals surface area contributed by atoms with Crippen LogP contribution in [0.1, 0.15) is 43.4 Å². The number of aromatic nitrogens is 1. The summed E-state index contributed by atoms with van der Waals surface area (Å²) in [6.45, 7) is 5.00. The van der Waals surface area contributed by atoms with Crippen LogP contribution in [0.15, 0.2) is 53.1 Å². The van der Waals surface area contributed by atoms with Gasteiger partial charge in [-0.3, -0.25) is 14.4 Å². The lowest BCUT2D eigenvalue weighted by molar-refractivity contribution is -0.146. The molecule has 0 radical (unpaired) electrons. The van der Waals surface area contributed by atoms with E-state index in [4.69, 9.17) is 9.15 Å². The van der Waals surface area contributed by atoms with Crippen LogP contribution >= 0.6 is 0 Å². The first-order valence-corrected chi connectivity index (χ1v) is 10.7. The molecule has 34 heavy (non-hydrogen) atoms. The molecule has 0 saturated carbocycles. The second-order valence-electron chi connectivity index (χ2n) is 7.93. The van der Waals surface area contributed by atoms with Crippen molar-refractivity contribution >= 4 is 23.3 Å². The van der Waals surface area contributed by atoms with Gasteiger partial charge in [-0.2, -0.15) is 0 Å².